The Kier molecular flexibility index (Phi) is 7.07. The summed E-state index contributed by atoms with van der Waals surface area (Å²) in [6.07, 6.45) is 2.14. The lowest BCUT2D eigenvalue weighted by Gasteiger charge is -2.37. The van der Waals surface area contributed by atoms with E-state index in [2.05, 4.69) is 68.5 Å². The molecular formula is C22H32N6OS. The van der Waals surface area contributed by atoms with Crippen LogP contribution in [0.1, 0.15) is 19.4 Å². The predicted molar refractivity (Wildman–Crippen MR) is 125 cm³/mol. The van der Waals surface area contributed by atoms with Crippen molar-refractivity contribution in [1.82, 2.24) is 15.2 Å². The van der Waals surface area contributed by atoms with Gasteiger partial charge < -0.3 is 24.8 Å². The molecule has 4 rings (SSSR count). The van der Waals surface area contributed by atoms with Crippen LogP contribution in [0.5, 0.6) is 0 Å². The molecule has 1 atom stereocenters. The zero-order chi connectivity index (χ0) is 20.8. The Hall–Kier alpha value is -2.32. The maximum Gasteiger partial charge on any atom is 0.194 e. The molecule has 2 fully saturated rings. The van der Waals surface area contributed by atoms with Crippen LogP contribution in [-0.2, 0) is 11.3 Å². The summed E-state index contributed by atoms with van der Waals surface area (Å²) in [5.74, 6) is 2.02. The average Bonchev–Trinajstić information content (AvgIpc) is 3.32. The van der Waals surface area contributed by atoms with Crippen LogP contribution in [0.4, 0.5) is 10.8 Å². The third kappa shape index (κ3) is 5.23. The fraction of sp³-hybridized carbons (Fsp3) is 0.545. The molecule has 0 bridgehead atoms. The van der Waals surface area contributed by atoms with Crippen LogP contribution >= 0.6 is 11.3 Å². The molecule has 0 amide bonds. The smallest absolute Gasteiger partial charge is 0.194 e. The van der Waals surface area contributed by atoms with Crippen molar-refractivity contribution in [2.45, 2.75) is 26.5 Å². The zero-order valence-electron chi connectivity index (χ0n) is 18.0. The number of guanidine groups is 1. The first-order chi connectivity index (χ1) is 14.7. The van der Waals surface area contributed by atoms with Gasteiger partial charge in [0, 0.05) is 52.0 Å². The lowest BCUT2D eigenvalue weighted by atomic mass is 10.2. The first-order valence-electron chi connectivity index (χ1n) is 10.9. The lowest BCUT2D eigenvalue weighted by Crippen LogP contribution is -2.52. The van der Waals surface area contributed by atoms with E-state index in [1.54, 1.807) is 0 Å². The second kappa shape index (κ2) is 10.1. The van der Waals surface area contributed by atoms with E-state index in [9.17, 15) is 0 Å². The number of ether oxygens (including phenoxy) is 1. The van der Waals surface area contributed by atoms with Crippen LogP contribution in [0, 0.1) is 0 Å². The summed E-state index contributed by atoms with van der Waals surface area (Å²) in [4.78, 5) is 16.7. The Morgan fingerprint density at radius 1 is 1.23 bits per heavy atom. The molecule has 8 heteroatoms. The van der Waals surface area contributed by atoms with Crippen LogP contribution in [0.15, 0.2) is 40.8 Å². The van der Waals surface area contributed by atoms with Crippen molar-refractivity contribution in [2.24, 2.45) is 4.99 Å². The zero-order valence-corrected chi connectivity index (χ0v) is 18.8. The number of pyridine rings is 1. The SMILES string of the molecule is CCNC(=NCc1ccnc(N2CCOC(C)C2)c1)N1CCN(c2cccs2)CC1. The number of anilines is 2. The number of rotatable bonds is 5. The first kappa shape index (κ1) is 20.9. The maximum absolute atomic E-state index is 5.66. The summed E-state index contributed by atoms with van der Waals surface area (Å²) in [6.45, 7) is 12.3. The van der Waals surface area contributed by atoms with E-state index in [-0.39, 0.29) is 6.10 Å². The van der Waals surface area contributed by atoms with Crippen molar-refractivity contribution in [1.29, 1.82) is 0 Å². The van der Waals surface area contributed by atoms with Gasteiger partial charge in [0.25, 0.3) is 0 Å². The number of morpholine rings is 1. The molecule has 2 saturated heterocycles. The highest BCUT2D eigenvalue weighted by molar-refractivity contribution is 7.14. The van der Waals surface area contributed by atoms with Gasteiger partial charge in [0.05, 0.1) is 24.3 Å². The van der Waals surface area contributed by atoms with Gasteiger partial charge in [0.1, 0.15) is 5.82 Å². The standard InChI is InChI=1S/C22H32N6OS/c1-3-23-22(27-10-8-26(9-11-27)21-5-4-14-30-21)25-16-19-6-7-24-20(15-19)28-12-13-29-18(2)17-28/h4-7,14-15,18H,3,8-13,16-17H2,1-2H3,(H,23,25). The van der Waals surface area contributed by atoms with Gasteiger partial charge in [0.15, 0.2) is 5.96 Å². The molecule has 0 saturated carbocycles. The van der Waals surface area contributed by atoms with Gasteiger partial charge in [0.2, 0.25) is 0 Å². The van der Waals surface area contributed by atoms with Crippen LogP contribution in [0.2, 0.25) is 0 Å². The third-order valence-electron chi connectivity index (χ3n) is 5.52. The summed E-state index contributed by atoms with van der Waals surface area (Å²) < 4.78 is 5.66. The van der Waals surface area contributed by atoms with Gasteiger partial charge in [-0.05, 0) is 49.1 Å². The number of piperazine rings is 1. The predicted octanol–water partition coefficient (Wildman–Crippen LogP) is 2.66. The summed E-state index contributed by atoms with van der Waals surface area (Å²) >= 11 is 1.81. The minimum Gasteiger partial charge on any atom is -0.375 e. The number of nitrogens with one attached hydrogen (secondary N) is 1. The van der Waals surface area contributed by atoms with Crippen molar-refractivity contribution in [3.63, 3.8) is 0 Å². The number of thiophene rings is 1. The number of aromatic nitrogens is 1. The number of hydrogen-bond acceptors (Lipinski definition) is 6. The first-order valence-corrected chi connectivity index (χ1v) is 11.7. The minimum absolute atomic E-state index is 0.246. The van der Waals surface area contributed by atoms with Crippen LogP contribution in [0.25, 0.3) is 0 Å². The van der Waals surface area contributed by atoms with Crippen molar-refractivity contribution in [3.8, 4) is 0 Å². The Morgan fingerprint density at radius 3 is 2.83 bits per heavy atom. The molecule has 2 aliphatic rings. The summed E-state index contributed by atoms with van der Waals surface area (Å²) in [5.41, 5.74) is 1.19. The molecule has 2 aromatic heterocycles. The number of aliphatic imine (C=N–C) groups is 1. The highest BCUT2D eigenvalue weighted by atomic mass is 32.1. The molecule has 0 spiro atoms. The summed E-state index contributed by atoms with van der Waals surface area (Å²) in [6, 6.07) is 8.56. The van der Waals surface area contributed by atoms with Crippen molar-refractivity contribution < 1.29 is 4.74 Å². The van der Waals surface area contributed by atoms with Gasteiger partial charge in [-0.2, -0.15) is 0 Å². The quantitative estimate of drug-likeness (QED) is 0.584. The van der Waals surface area contributed by atoms with E-state index < -0.39 is 0 Å². The van der Waals surface area contributed by atoms with Gasteiger partial charge in [-0.15, -0.1) is 11.3 Å². The van der Waals surface area contributed by atoms with Crippen LogP contribution in [0.3, 0.4) is 0 Å². The highest BCUT2D eigenvalue weighted by Crippen LogP contribution is 2.22. The molecule has 1 unspecified atom stereocenters. The van der Waals surface area contributed by atoms with E-state index in [0.717, 1.165) is 64.2 Å². The Balaban J connectivity index is 1.39. The molecular weight excluding hydrogens is 396 g/mol. The monoisotopic (exact) mass is 428 g/mol. The molecule has 2 aliphatic heterocycles. The number of nitrogens with zero attached hydrogens (tertiary/aromatic N) is 5. The van der Waals surface area contributed by atoms with Crippen LogP contribution in [-0.4, -0.2) is 74.4 Å². The van der Waals surface area contributed by atoms with E-state index in [4.69, 9.17) is 9.73 Å². The molecule has 0 radical (unpaired) electrons. The molecule has 7 nitrogen and oxygen atoms in total. The van der Waals surface area contributed by atoms with Gasteiger partial charge in [-0.1, -0.05) is 0 Å². The summed E-state index contributed by atoms with van der Waals surface area (Å²) in [7, 11) is 0. The molecule has 4 heterocycles. The molecule has 0 aliphatic carbocycles. The minimum atomic E-state index is 0.246. The molecule has 162 valence electrons. The fourth-order valence-electron chi connectivity index (χ4n) is 3.94. The van der Waals surface area contributed by atoms with E-state index in [1.165, 1.54) is 10.6 Å². The largest absolute Gasteiger partial charge is 0.375 e. The second-order valence-electron chi connectivity index (χ2n) is 7.75. The van der Waals surface area contributed by atoms with Gasteiger partial charge >= 0.3 is 0 Å². The van der Waals surface area contributed by atoms with Gasteiger partial charge in [-0.3, -0.25) is 0 Å². The normalized spacial score (nSPS) is 20.5. The molecule has 0 aromatic carbocycles. The van der Waals surface area contributed by atoms with Crippen molar-refractivity contribution in [3.05, 3.63) is 41.4 Å². The fourth-order valence-corrected chi connectivity index (χ4v) is 4.72. The molecule has 2 aromatic rings. The second-order valence-corrected chi connectivity index (χ2v) is 8.67. The molecule has 30 heavy (non-hydrogen) atoms. The highest BCUT2D eigenvalue weighted by Gasteiger charge is 2.21. The Morgan fingerprint density at radius 2 is 2.10 bits per heavy atom. The third-order valence-corrected chi connectivity index (χ3v) is 6.45. The lowest BCUT2D eigenvalue weighted by molar-refractivity contribution is 0.0529. The average molecular weight is 429 g/mol. The van der Waals surface area contributed by atoms with Crippen molar-refractivity contribution >= 4 is 28.1 Å². The Labute approximate surface area is 183 Å². The maximum atomic E-state index is 5.66. The van der Waals surface area contributed by atoms with Gasteiger partial charge in [-0.25, -0.2) is 9.98 Å². The summed E-state index contributed by atoms with van der Waals surface area (Å²) in [5, 5.41) is 6.98. The van der Waals surface area contributed by atoms with E-state index in [1.807, 2.05) is 17.5 Å². The topological polar surface area (TPSA) is 56.2 Å². The number of hydrogen-bond donors (Lipinski definition) is 1. The Bertz CT molecular complexity index is 819. The van der Waals surface area contributed by atoms with E-state index >= 15 is 0 Å². The van der Waals surface area contributed by atoms with Crippen molar-refractivity contribution in [2.75, 3.05) is 62.2 Å². The van der Waals surface area contributed by atoms with E-state index in [0.29, 0.717) is 6.54 Å². The molecule has 1 N–H and O–H groups in total. The van der Waals surface area contributed by atoms with Crippen LogP contribution < -0.4 is 15.1 Å².